The quantitative estimate of drug-likeness (QED) is 0.309. The summed E-state index contributed by atoms with van der Waals surface area (Å²) < 4.78 is 8.23. The van der Waals surface area contributed by atoms with Crippen LogP contribution in [0.15, 0.2) is 4.52 Å². The molecule has 3 N–H and O–H groups in total. The Hall–Kier alpha value is -4.04. The number of nitriles is 2. The van der Waals surface area contributed by atoms with Crippen molar-refractivity contribution in [1.82, 2.24) is 29.8 Å². The fraction of sp³-hybridized carbons (Fsp3) is 0.588. The first-order chi connectivity index (χ1) is 22.7. The number of hydrogen-bond acceptors (Lipinski definition) is 12. The van der Waals surface area contributed by atoms with Crippen molar-refractivity contribution in [3.05, 3.63) is 33.0 Å². The highest BCUT2D eigenvalue weighted by Gasteiger charge is 2.49. The Morgan fingerprint density at radius 3 is 2.62 bits per heavy atom. The Labute approximate surface area is 277 Å². The van der Waals surface area contributed by atoms with Crippen LogP contribution in [-0.2, 0) is 18.3 Å². The van der Waals surface area contributed by atoms with E-state index in [0.717, 1.165) is 81.2 Å². The van der Waals surface area contributed by atoms with Crippen molar-refractivity contribution in [1.29, 1.82) is 10.5 Å². The lowest BCUT2D eigenvalue weighted by atomic mass is 9.63. The predicted molar refractivity (Wildman–Crippen MR) is 178 cm³/mol. The van der Waals surface area contributed by atoms with E-state index >= 15 is 0 Å². The molecular weight excluding hydrogens is 613 g/mol. The monoisotopic (exact) mass is 652 g/mol. The number of aryl methyl sites for hydroxylation is 1. The smallest absolute Gasteiger partial charge is 0.186 e. The Morgan fingerprint density at radius 2 is 1.89 bits per heavy atom. The van der Waals surface area contributed by atoms with E-state index in [0.29, 0.717) is 58.4 Å². The molecule has 4 aliphatic rings. The number of anilines is 2. The minimum atomic E-state index is -0.892. The molecule has 8 rings (SSSR count). The number of piperidine rings is 1. The number of aliphatic hydroxyl groups is 1. The van der Waals surface area contributed by atoms with E-state index in [1.165, 1.54) is 16.2 Å². The molecule has 2 fully saturated rings. The van der Waals surface area contributed by atoms with E-state index in [-0.39, 0.29) is 17.8 Å². The van der Waals surface area contributed by atoms with E-state index < -0.39 is 11.0 Å². The molecule has 0 unspecified atom stereocenters. The topological polar surface area (TPSA) is 170 Å². The number of nitrogens with two attached hydrogens (primary N) is 1. The SMILES string of the molecule is C[C@@H]([C@@H]1CCCN1C)n1nc(C#N)c2c(N3CCC[C@@](C)(O)C3)nc(-c3noc4c3CCC[C@@]43CCCc4sc(N)c(C#N)c43)nc21. The Bertz CT molecular complexity index is 1970. The van der Waals surface area contributed by atoms with Gasteiger partial charge in [-0.05, 0) is 97.2 Å². The third-order valence-corrected chi connectivity index (χ3v) is 12.3. The molecule has 13 heteroatoms. The number of thiophene rings is 1. The van der Waals surface area contributed by atoms with Gasteiger partial charge in [-0.25, -0.2) is 14.6 Å². The molecule has 0 amide bonds. The van der Waals surface area contributed by atoms with Gasteiger partial charge < -0.3 is 25.2 Å². The molecule has 2 saturated heterocycles. The highest BCUT2D eigenvalue weighted by molar-refractivity contribution is 7.16. The Balaban J connectivity index is 1.33. The lowest BCUT2D eigenvalue weighted by Gasteiger charge is -2.39. The summed E-state index contributed by atoms with van der Waals surface area (Å²) in [7, 11) is 2.14. The molecule has 47 heavy (non-hydrogen) atoms. The van der Waals surface area contributed by atoms with E-state index in [2.05, 4.69) is 41.1 Å². The molecule has 0 bridgehead atoms. The van der Waals surface area contributed by atoms with Crippen molar-refractivity contribution in [3.8, 4) is 23.7 Å². The molecule has 0 radical (unpaired) electrons. The molecular formula is C34H40N10O2S. The lowest BCUT2D eigenvalue weighted by molar-refractivity contribution is 0.0448. The predicted octanol–water partition coefficient (Wildman–Crippen LogP) is 4.83. The number of hydrogen-bond donors (Lipinski definition) is 2. The first-order valence-electron chi connectivity index (χ1n) is 16.8. The number of fused-ring (bicyclic) bond motifs is 5. The van der Waals surface area contributed by atoms with Crippen molar-refractivity contribution in [2.75, 3.05) is 37.3 Å². The van der Waals surface area contributed by atoms with Crippen molar-refractivity contribution >= 4 is 33.2 Å². The van der Waals surface area contributed by atoms with E-state index in [4.69, 9.17) is 25.3 Å². The number of nitrogen functional groups attached to an aromatic ring is 1. The van der Waals surface area contributed by atoms with Crippen LogP contribution < -0.4 is 10.6 Å². The molecule has 6 heterocycles. The van der Waals surface area contributed by atoms with Gasteiger partial charge in [0.15, 0.2) is 28.6 Å². The normalized spacial score (nSPS) is 26.7. The largest absolute Gasteiger partial charge is 0.389 e. The van der Waals surface area contributed by atoms with Gasteiger partial charge in [-0.15, -0.1) is 11.3 Å². The number of rotatable bonds is 4. The van der Waals surface area contributed by atoms with Crippen LogP contribution in [0.1, 0.15) is 104 Å². The molecule has 4 atom stereocenters. The summed E-state index contributed by atoms with van der Waals surface area (Å²) in [6, 6.07) is 4.95. The minimum absolute atomic E-state index is 0.0317. The summed E-state index contributed by atoms with van der Waals surface area (Å²) in [6.07, 6.45) is 8.93. The molecule has 2 aliphatic carbocycles. The highest BCUT2D eigenvalue weighted by Crippen LogP contribution is 2.55. The van der Waals surface area contributed by atoms with E-state index in [9.17, 15) is 15.6 Å². The van der Waals surface area contributed by atoms with Crippen LogP contribution in [0.3, 0.4) is 0 Å². The van der Waals surface area contributed by atoms with Gasteiger partial charge in [-0.2, -0.15) is 15.6 Å². The zero-order valence-electron chi connectivity index (χ0n) is 27.2. The molecule has 0 aromatic carbocycles. The van der Waals surface area contributed by atoms with Crippen molar-refractivity contribution in [3.63, 3.8) is 0 Å². The van der Waals surface area contributed by atoms with Crippen LogP contribution in [-0.4, -0.2) is 73.2 Å². The zero-order valence-corrected chi connectivity index (χ0v) is 28.0. The highest BCUT2D eigenvalue weighted by atomic mass is 32.1. The summed E-state index contributed by atoms with van der Waals surface area (Å²) in [5.74, 6) is 1.82. The van der Waals surface area contributed by atoms with Crippen molar-refractivity contribution in [2.24, 2.45) is 0 Å². The average molecular weight is 653 g/mol. The first kappa shape index (κ1) is 30.3. The number of nitrogens with zero attached hydrogens (tertiary/aromatic N) is 9. The molecule has 4 aromatic heterocycles. The van der Waals surface area contributed by atoms with Crippen LogP contribution >= 0.6 is 11.3 Å². The van der Waals surface area contributed by atoms with Crippen LogP contribution in [0.5, 0.6) is 0 Å². The second-order valence-corrected chi connectivity index (χ2v) is 15.4. The summed E-state index contributed by atoms with van der Waals surface area (Å²) in [4.78, 5) is 15.9. The molecule has 1 spiro atoms. The lowest BCUT2D eigenvalue weighted by Crippen LogP contribution is -2.46. The van der Waals surface area contributed by atoms with E-state index in [1.54, 1.807) is 0 Å². The molecule has 4 aromatic rings. The number of aromatic nitrogens is 5. The maximum absolute atomic E-state index is 11.1. The maximum atomic E-state index is 11.1. The molecule has 12 nitrogen and oxygen atoms in total. The van der Waals surface area contributed by atoms with Crippen LogP contribution in [0, 0.1) is 22.7 Å². The average Bonchev–Trinajstić information content (AvgIpc) is 3.84. The van der Waals surface area contributed by atoms with Gasteiger partial charge in [0.25, 0.3) is 0 Å². The molecule has 0 saturated carbocycles. The number of likely N-dealkylation sites (tertiary alicyclic amines) is 1. The van der Waals surface area contributed by atoms with Gasteiger partial charge in [0, 0.05) is 29.6 Å². The second-order valence-electron chi connectivity index (χ2n) is 14.3. The van der Waals surface area contributed by atoms with Gasteiger partial charge >= 0.3 is 0 Å². The third kappa shape index (κ3) is 4.58. The fourth-order valence-corrected chi connectivity index (χ4v) is 10.2. The van der Waals surface area contributed by atoms with Crippen molar-refractivity contribution in [2.45, 2.75) is 101 Å². The number of likely N-dealkylation sites (N-methyl/N-ethyl adjacent to an activating group) is 1. The van der Waals surface area contributed by atoms with Gasteiger partial charge in [0.1, 0.15) is 23.0 Å². The summed E-state index contributed by atoms with van der Waals surface area (Å²) in [5, 5.41) is 42.3. The van der Waals surface area contributed by atoms with Gasteiger partial charge in [0.05, 0.1) is 28.0 Å². The summed E-state index contributed by atoms with van der Waals surface area (Å²) in [5.41, 5.74) is 9.08. The Morgan fingerprint density at radius 1 is 1.09 bits per heavy atom. The first-order valence-corrected chi connectivity index (χ1v) is 17.7. The second kappa shape index (κ2) is 11.0. The molecule has 244 valence electrons. The minimum Gasteiger partial charge on any atom is -0.389 e. The summed E-state index contributed by atoms with van der Waals surface area (Å²) in [6.45, 7) is 6.09. The maximum Gasteiger partial charge on any atom is 0.186 e. The Kier molecular flexibility index (Phi) is 7.10. The van der Waals surface area contributed by atoms with Gasteiger partial charge in [-0.3, -0.25) is 0 Å². The van der Waals surface area contributed by atoms with Gasteiger partial charge in [0.2, 0.25) is 0 Å². The third-order valence-electron chi connectivity index (χ3n) is 11.2. The standard InChI is InChI=1S/C34H40N10O2S/c1-19(23-9-6-14-42(23)3)44-32-25(22(17-36)40-44)31(43-15-7-11-33(2,45)18-43)38-30(39-32)27-20-8-4-12-34(28(20)46-41-27)13-5-10-24-26(34)21(16-35)29(37)47-24/h19,23,45H,4-15,18,37H2,1-3H3/t19-,23-,33+,34-/m0/s1. The summed E-state index contributed by atoms with van der Waals surface area (Å²) >= 11 is 1.53. The molecule has 2 aliphatic heterocycles. The van der Waals surface area contributed by atoms with E-state index in [1.807, 2.05) is 11.6 Å². The zero-order chi connectivity index (χ0) is 32.7. The van der Waals surface area contributed by atoms with Crippen molar-refractivity contribution < 1.29 is 9.63 Å². The van der Waals surface area contributed by atoms with Crippen LogP contribution in [0.4, 0.5) is 10.8 Å². The number of β-amino-alcohol motifs (C(OH)–C–C–N with tert-alkyl or cyclic N) is 1. The van der Waals surface area contributed by atoms with Gasteiger partial charge in [-0.1, -0.05) is 5.16 Å². The fourth-order valence-electron chi connectivity index (χ4n) is 9.04. The van der Waals surface area contributed by atoms with Crippen LogP contribution in [0.25, 0.3) is 22.6 Å². The van der Waals surface area contributed by atoms with Crippen LogP contribution in [0.2, 0.25) is 0 Å².